The number of hydrogen-bond donors (Lipinski definition) is 0. The van der Waals surface area contributed by atoms with E-state index in [4.69, 9.17) is 37.0 Å². The molecule has 0 aliphatic heterocycles. The Hall–Kier alpha value is -8.52. The molecule has 6 aromatic heterocycles. The first-order chi connectivity index (χ1) is 44.5. The topological polar surface area (TPSA) is 171 Å². The van der Waals surface area contributed by atoms with Gasteiger partial charge in [0.25, 0.3) is 0 Å². The van der Waals surface area contributed by atoms with Crippen molar-refractivity contribution >= 4 is 70.6 Å². The van der Waals surface area contributed by atoms with Gasteiger partial charge in [0, 0.05) is 51.3 Å². The number of fused-ring (bicyclic) bond motifs is 4. The van der Waals surface area contributed by atoms with E-state index in [-0.39, 0.29) is 20.1 Å². The number of aromatic nitrogens is 10. The number of aryl methyl sites for hydroxylation is 6. The van der Waals surface area contributed by atoms with Crippen molar-refractivity contribution in [1.29, 1.82) is 0 Å². The first-order valence-electron chi connectivity index (χ1n) is 27.9. The van der Waals surface area contributed by atoms with Gasteiger partial charge in [0.1, 0.15) is 0 Å². The Balaban J connectivity index is 0.000000190. The van der Waals surface area contributed by atoms with E-state index in [0.717, 1.165) is 118 Å². The number of halogens is 4. The molecule has 14 nitrogen and oxygen atoms in total. The molecular formula is C71H58AgClF3Ir2N11O3S-. The number of alkyl halides is 3. The predicted octanol–water partition coefficient (Wildman–Crippen LogP) is 16.9. The molecule has 0 unspecified atom stereocenters. The first-order valence-corrected chi connectivity index (χ1v) is 32.5. The van der Waals surface area contributed by atoms with Crippen LogP contribution in [-0.2, 0) is 110 Å². The minimum atomic E-state index is -5.08. The van der Waals surface area contributed by atoms with Crippen LogP contribution in [0.1, 0.15) is 18.1 Å². The number of rotatable bonds is 6. The molecule has 14 aromatic rings. The summed E-state index contributed by atoms with van der Waals surface area (Å²) in [5, 5.41) is 7.44. The van der Waals surface area contributed by atoms with E-state index < -0.39 is 16.2 Å². The second-order valence-electron chi connectivity index (χ2n) is 19.8. The van der Waals surface area contributed by atoms with Crippen LogP contribution in [0.15, 0.2) is 219 Å². The summed E-state index contributed by atoms with van der Waals surface area (Å²) in [6.45, 7) is 5.66. The number of benzene rings is 8. The van der Waals surface area contributed by atoms with Crippen LogP contribution < -0.4 is 0 Å². The van der Waals surface area contributed by atoms with Crippen molar-refractivity contribution in [2.75, 3.05) is 0 Å². The molecule has 0 saturated carbocycles. The van der Waals surface area contributed by atoms with Crippen LogP contribution in [-0.4, -0.2) is 59.9 Å². The Morgan fingerprint density at radius 1 is 0.452 bits per heavy atom. The van der Waals surface area contributed by atoms with Gasteiger partial charge in [0.2, 0.25) is 0 Å². The molecule has 93 heavy (non-hydrogen) atoms. The maximum absolute atomic E-state index is 10.6. The Morgan fingerprint density at radius 3 is 0.925 bits per heavy atom. The van der Waals surface area contributed by atoms with E-state index in [0.29, 0.717) is 0 Å². The standard InChI is InChI=1S/2C22H17N4.2C12H10N.C2H4N.CF3O2S.Ag.ClH.2Ir.O/c2*1-25-19-12-5-3-10-17(19)23-21(25)15-8-7-9-16(14-15)22-24-18-11-4-6-13-20(18)26(22)2;2*1-10-5-7-11(8-6-10)12-4-2-3-9-13-12;1-2-3;2-1(3,4)7(5)6;;;;;/h2*3-13H,1-2H3;2*2-7,9H,1H3;2H,1H3;;;1H;;;/q6*-1;;;2*+3;/p-1. The zero-order chi connectivity index (χ0) is 66.3. The molecular weight excluding hydrogens is 1670 g/mol. The SMILES string of the molecule is CC=[N-].Cc1c[c-]c(-c2ccccn2)cc1.Cc1c[c-]c(-c2ccccn2)cc1.Cn1c(-c2[c-]c(-c3nc4ccccc4n3C)ccc2)nc2ccccc21.Cn1c(-c2[c-]c(-c3nc4ccccc4n3C)ccc2)nc2ccccc21.O=[S-](=O)C(F)(F)F.[Cl][Ir+2].[Ir+3].[O]=[Ag]. The number of nitrogens with zero attached hydrogens (tertiary/aromatic N) is 11. The van der Waals surface area contributed by atoms with Crippen LogP contribution in [0.2, 0.25) is 0 Å². The van der Waals surface area contributed by atoms with Crippen LogP contribution in [0.3, 0.4) is 0 Å². The molecule has 8 aromatic carbocycles. The molecule has 22 heteroatoms. The van der Waals surface area contributed by atoms with E-state index in [9.17, 15) is 13.2 Å². The van der Waals surface area contributed by atoms with Gasteiger partial charge >= 0.3 is 77.4 Å². The van der Waals surface area contributed by atoms with E-state index in [2.05, 4.69) is 112 Å². The van der Waals surface area contributed by atoms with Gasteiger partial charge in [0.05, 0.1) is 67.4 Å². The summed E-state index contributed by atoms with van der Waals surface area (Å²) >= 11 is 3.17. The molecule has 0 N–H and O–H groups in total. The van der Waals surface area contributed by atoms with E-state index in [1.54, 1.807) is 40.4 Å². The molecule has 14 rings (SSSR count). The van der Waals surface area contributed by atoms with Crippen LogP contribution >= 0.6 is 9.58 Å². The van der Waals surface area contributed by atoms with Crippen molar-refractivity contribution in [2.45, 2.75) is 26.3 Å². The number of imidazole rings is 4. The average Bonchev–Trinajstić information content (AvgIpc) is 1.65. The molecule has 0 saturated heterocycles. The Kier molecular flexibility index (Phi) is 28.5. The van der Waals surface area contributed by atoms with Gasteiger partial charge in [-0.05, 0) is 72.1 Å². The normalized spacial score (nSPS) is 10.4. The fourth-order valence-corrected chi connectivity index (χ4v) is 9.37. The van der Waals surface area contributed by atoms with Crippen molar-refractivity contribution in [1.82, 2.24) is 48.2 Å². The summed E-state index contributed by atoms with van der Waals surface area (Å²) in [6.07, 6.45) is 4.59. The van der Waals surface area contributed by atoms with Crippen molar-refractivity contribution in [3.05, 3.63) is 259 Å². The third-order valence-electron chi connectivity index (χ3n) is 13.7. The van der Waals surface area contributed by atoms with Gasteiger partial charge in [-0.2, -0.15) is 13.2 Å². The Bertz CT molecular complexity index is 4280. The Morgan fingerprint density at radius 2 is 0.710 bits per heavy atom. The summed E-state index contributed by atoms with van der Waals surface area (Å²) < 4.78 is 66.0. The van der Waals surface area contributed by atoms with Crippen LogP contribution in [0.5, 0.6) is 0 Å². The fourth-order valence-electron chi connectivity index (χ4n) is 9.37. The molecule has 0 fully saturated rings. The molecule has 0 amide bonds. The van der Waals surface area contributed by atoms with Crippen LogP contribution in [0, 0.1) is 38.1 Å². The summed E-state index contributed by atoms with van der Waals surface area (Å²) in [4.78, 5) is 27.6. The Labute approximate surface area is 579 Å². The summed E-state index contributed by atoms with van der Waals surface area (Å²) in [5.41, 5.74) is 13.7. The van der Waals surface area contributed by atoms with Crippen LogP contribution in [0.4, 0.5) is 13.2 Å². The number of hydrogen-bond acceptors (Lipinski definition) is 10. The molecule has 6 heterocycles. The molecule has 0 aliphatic carbocycles. The van der Waals surface area contributed by atoms with E-state index in [1.807, 2.05) is 198 Å². The van der Waals surface area contributed by atoms with E-state index in [1.165, 1.54) is 29.0 Å². The molecule has 479 valence electrons. The maximum atomic E-state index is 10.6. The minimum absolute atomic E-state index is 0. The third-order valence-corrected chi connectivity index (χ3v) is 14.1. The van der Waals surface area contributed by atoms with Crippen molar-refractivity contribution < 1.29 is 83.9 Å². The predicted molar refractivity (Wildman–Crippen MR) is 352 cm³/mol. The van der Waals surface area contributed by atoms with Crippen molar-refractivity contribution in [3.63, 3.8) is 0 Å². The van der Waals surface area contributed by atoms with Crippen LogP contribution in [0.25, 0.3) is 118 Å². The van der Waals surface area contributed by atoms with E-state index >= 15 is 0 Å². The molecule has 0 radical (unpaired) electrons. The fraction of sp³-hybridized carbons (Fsp3) is 0.113. The first kappa shape index (κ1) is 73.5. The van der Waals surface area contributed by atoms with Gasteiger partial charge in [-0.1, -0.05) is 116 Å². The second-order valence-corrected chi connectivity index (χ2v) is 20.7. The van der Waals surface area contributed by atoms with Crippen molar-refractivity contribution in [3.8, 4) is 68.1 Å². The number of pyridine rings is 2. The monoisotopic (exact) mass is 1730 g/mol. The zero-order valence-corrected chi connectivity index (χ0v) is 58.7. The summed E-state index contributed by atoms with van der Waals surface area (Å²) in [5.74, 6) is 3.64. The third kappa shape index (κ3) is 19.3. The van der Waals surface area contributed by atoms with Gasteiger partial charge < -0.3 is 42.1 Å². The second kappa shape index (κ2) is 36.1. The van der Waals surface area contributed by atoms with Crippen molar-refractivity contribution in [2.24, 2.45) is 28.2 Å². The molecule has 0 spiro atoms. The summed E-state index contributed by atoms with van der Waals surface area (Å²) in [6, 6.07) is 82.3. The van der Waals surface area contributed by atoms with Gasteiger partial charge in [-0.3, -0.25) is 19.9 Å². The quantitative estimate of drug-likeness (QED) is 0.0680. The summed E-state index contributed by atoms with van der Waals surface area (Å²) in [7, 11) is 8.87. The van der Waals surface area contributed by atoms with Gasteiger partial charge in [-0.25, -0.2) is 6.21 Å². The van der Waals surface area contributed by atoms with Gasteiger partial charge in [-0.15, -0.1) is 119 Å². The molecule has 0 atom stereocenters. The number of para-hydroxylation sites is 8. The average molecular weight is 1730 g/mol. The molecule has 0 bridgehead atoms. The molecule has 0 aliphatic rings. The zero-order valence-electron chi connectivity index (χ0n) is 50.9. The van der Waals surface area contributed by atoms with Gasteiger partial charge in [0.15, 0.2) is 0 Å².